The van der Waals surface area contributed by atoms with E-state index in [9.17, 15) is 4.79 Å². The Labute approximate surface area is 141 Å². The first-order chi connectivity index (χ1) is 10.3. The van der Waals surface area contributed by atoms with Crippen molar-refractivity contribution in [2.75, 3.05) is 26.2 Å². The van der Waals surface area contributed by atoms with E-state index < -0.39 is 0 Å². The molecule has 1 saturated heterocycles. The van der Waals surface area contributed by atoms with E-state index in [4.69, 9.17) is 4.74 Å². The van der Waals surface area contributed by atoms with E-state index in [0.717, 1.165) is 32.7 Å². The maximum atomic E-state index is 11.9. The van der Waals surface area contributed by atoms with Crippen LogP contribution in [0.5, 0.6) is 0 Å². The Balaban J connectivity index is 0.00000242. The van der Waals surface area contributed by atoms with Gasteiger partial charge in [-0.05, 0) is 57.0 Å². The molecule has 2 unspecified atom stereocenters. The van der Waals surface area contributed by atoms with Crippen molar-refractivity contribution in [3.05, 3.63) is 0 Å². The summed E-state index contributed by atoms with van der Waals surface area (Å²) in [5.74, 6) is 1.34. The summed E-state index contributed by atoms with van der Waals surface area (Å²) in [4.78, 5) is 11.9. The molecule has 0 aromatic rings. The molecule has 0 spiro atoms. The van der Waals surface area contributed by atoms with E-state index in [1.807, 2.05) is 0 Å². The zero-order valence-electron chi connectivity index (χ0n) is 13.9. The predicted octanol–water partition coefficient (Wildman–Crippen LogP) is 2.90. The van der Waals surface area contributed by atoms with Gasteiger partial charge in [0.2, 0.25) is 5.91 Å². The zero-order chi connectivity index (χ0) is 14.9. The van der Waals surface area contributed by atoms with Crippen LogP contribution in [0.25, 0.3) is 0 Å². The monoisotopic (exact) mass is 332 g/mol. The van der Waals surface area contributed by atoms with Gasteiger partial charge in [-0.3, -0.25) is 4.79 Å². The van der Waals surface area contributed by atoms with Gasteiger partial charge < -0.3 is 15.4 Å². The summed E-state index contributed by atoms with van der Waals surface area (Å²) in [6.45, 7) is 5.95. The average molecular weight is 333 g/mol. The van der Waals surface area contributed by atoms with Crippen LogP contribution < -0.4 is 10.6 Å². The highest BCUT2D eigenvalue weighted by atomic mass is 35.5. The molecule has 1 aliphatic heterocycles. The van der Waals surface area contributed by atoms with Crippen molar-refractivity contribution in [3.63, 3.8) is 0 Å². The number of amides is 1. The van der Waals surface area contributed by atoms with Crippen LogP contribution in [0.2, 0.25) is 0 Å². The molecular formula is C17H33ClN2O2. The molecule has 1 amide bonds. The van der Waals surface area contributed by atoms with Crippen molar-refractivity contribution in [1.82, 2.24) is 10.6 Å². The molecule has 130 valence electrons. The van der Waals surface area contributed by atoms with Gasteiger partial charge in [0.1, 0.15) is 0 Å². The lowest BCUT2D eigenvalue weighted by molar-refractivity contribution is -0.122. The number of carbonyl (C=O) groups excluding carboxylic acids is 1. The van der Waals surface area contributed by atoms with Crippen molar-refractivity contribution in [2.24, 2.45) is 11.8 Å². The summed E-state index contributed by atoms with van der Waals surface area (Å²) < 4.78 is 5.80. The number of nitrogens with one attached hydrogen (secondary N) is 2. The van der Waals surface area contributed by atoms with Crippen molar-refractivity contribution in [1.29, 1.82) is 0 Å². The summed E-state index contributed by atoms with van der Waals surface area (Å²) in [5, 5.41) is 6.47. The molecule has 0 radical (unpaired) electrons. The molecule has 0 aromatic heterocycles. The molecule has 22 heavy (non-hydrogen) atoms. The second-order valence-corrected chi connectivity index (χ2v) is 6.77. The molecule has 2 atom stereocenters. The smallest absolute Gasteiger partial charge is 0.220 e. The molecule has 2 rings (SSSR count). The second kappa shape index (κ2) is 11.3. The van der Waals surface area contributed by atoms with Crippen LogP contribution in [0.3, 0.4) is 0 Å². The van der Waals surface area contributed by atoms with Crippen molar-refractivity contribution in [3.8, 4) is 0 Å². The van der Waals surface area contributed by atoms with Gasteiger partial charge in [-0.2, -0.15) is 0 Å². The van der Waals surface area contributed by atoms with Gasteiger partial charge in [0, 0.05) is 19.6 Å². The third-order valence-corrected chi connectivity index (χ3v) is 4.95. The van der Waals surface area contributed by atoms with Gasteiger partial charge in [0.15, 0.2) is 0 Å². The molecule has 4 nitrogen and oxygen atoms in total. The van der Waals surface area contributed by atoms with E-state index >= 15 is 0 Å². The molecule has 1 aliphatic carbocycles. The van der Waals surface area contributed by atoms with Crippen molar-refractivity contribution < 1.29 is 9.53 Å². The lowest BCUT2D eigenvalue weighted by Gasteiger charge is -2.28. The molecule has 2 aliphatic rings. The summed E-state index contributed by atoms with van der Waals surface area (Å²) in [7, 11) is 0. The molecule has 2 fully saturated rings. The van der Waals surface area contributed by atoms with Gasteiger partial charge in [0.05, 0.1) is 6.10 Å². The number of halogens is 1. The van der Waals surface area contributed by atoms with Crippen LogP contribution in [0.4, 0.5) is 0 Å². The number of hydrogen-bond acceptors (Lipinski definition) is 3. The Morgan fingerprint density at radius 3 is 2.73 bits per heavy atom. The van der Waals surface area contributed by atoms with Crippen molar-refractivity contribution in [2.45, 2.75) is 64.4 Å². The fourth-order valence-electron chi connectivity index (χ4n) is 3.50. The number of hydrogen-bond donors (Lipinski definition) is 2. The van der Waals surface area contributed by atoms with Gasteiger partial charge >= 0.3 is 0 Å². The van der Waals surface area contributed by atoms with Crippen LogP contribution in [0.1, 0.15) is 58.3 Å². The maximum Gasteiger partial charge on any atom is 0.220 e. The fraction of sp³-hybridized carbons (Fsp3) is 0.941. The number of rotatable bonds is 8. The Morgan fingerprint density at radius 2 is 2.05 bits per heavy atom. The third-order valence-electron chi connectivity index (χ3n) is 4.95. The number of carbonyl (C=O) groups is 1. The minimum atomic E-state index is 0. The predicted molar refractivity (Wildman–Crippen MR) is 92.5 cm³/mol. The molecule has 1 saturated carbocycles. The SMILES string of the molecule is CC(CC(=O)NCCCOC1CCCC1)C1CCCNC1.Cl. The Morgan fingerprint density at radius 1 is 1.27 bits per heavy atom. The summed E-state index contributed by atoms with van der Waals surface area (Å²) in [6, 6.07) is 0. The molecular weight excluding hydrogens is 300 g/mol. The van der Waals surface area contributed by atoms with E-state index in [-0.39, 0.29) is 18.3 Å². The van der Waals surface area contributed by atoms with Gasteiger partial charge in [0.25, 0.3) is 0 Å². The van der Waals surface area contributed by atoms with E-state index in [0.29, 0.717) is 24.4 Å². The Bertz CT molecular complexity index is 303. The van der Waals surface area contributed by atoms with Gasteiger partial charge in [-0.15, -0.1) is 12.4 Å². The largest absolute Gasteiger partial charge is 0.378 e. The second-order valence-electron chi connectivity index (χ2n) is 6.77. The van der Waals surface area contributed by atoms with E-state index in [2.05, 4.69) is 17.6 Å². The topological polar surface area (TPSA) is 50.4 Å². The Kier molecular flexibility index (Phi) is 10.1. The summed E-state index contributed by atoms with van der Waals surface area (Å²) in [5.41, 5.74) is 0. The fourth-order valence-corrected chi connectivity index (χ4v) is 3.50. The zero-order valence-corrected chi connectivity index (χ0v) is 14.8. The van der Waals surface area contributed by atoms with Crippen LogP contribution in [-0.2, 0) is 9.53 Å². The summed E-state index contributed by atoms with van der Waals surface area (Å²) in [6.07, 6.45) is 9.66. The minimum absolute atomic E-state index is 0. The highest BCUT2D eigenvalue weighted by Gasteiger charge is 2.21. The number of piperidine rings is 1. The van der Waals surface area contributed by atoms with Gasteiger partial charge in [-0.25, -0.2) is 0 Å². The quantitative estimate of drug-likeness (QED) is 0.672. The van der Waals surface area contributed by atoms with E-state index in [1.165, 1.54) is 38.5 Å². The molecule has 5 heteroatoms. The average Bonchev–Trinajstić information content (AvgIpc) is 3.01. The van der Waals surface area contributed by atoms with Crippen LogP contribution in [0, 0.1) is 11.8 Å². The van der Waals surface area contributed by atoms with Crippen LogP contribution >= 0.6 is 12.4 Å². The highest BCUT2D eigenvalue weighted by Crippen LogP contribution is 2.22. The maximum absolute atomic E-state index is 11.9. The lowest BCUT2D eigenvalue weighted by Crippen LogP contribution is -2.35. The highest BCUT2D eigenvalue weighted by molar-refractivity contribution is 5.85. The minimum Gasteiger partial charge on any atom is -0.378 e. The first-order valence-corrected chi connectivity index (χ1v) is 8.84. The van der Waals surface area contributed by atoms with Gasteiger partial charge in [-0.1, -0.05) is 19.8 Å². The third kappa shape index (κ3) is 7.30. The molecule has 0 aromatic carbocycles. The van der Waals surface area contributed by atoms with Crippen LogP contribution in [-0.4, -0.2) is 38.3 Å². The first-order valence-electron chi connectivity index (χ1n) is 8.84. The van der Waals surface area contributed by atoms with Crippen LogP contribution in [0.15, 0.2) is 0 Å². The molecule has 0 bridgehead atoms. The molecule has 1 heterocycles. The number of ether oxygens (including phenoxy) is 1. The molecule has 2 N–H and O–H groups in total. The normalized spacial score (nSPS) is 23.8. The van der Waals surface area contributed by atoms with Crippen molar-refractivity contribution >= 4 is 18.3 Å². The standard InChI is InChI=1S/C17H32N2O2.ClH/c1-14(15-6-4-9-18-13-15)12-17(20)19-10-5-11-21-16-7-2-3-8-16;/h14-16,18H,2-13H2,1H3,(H,19,20);1H. The lowest BCUT2D eigenvalue weighted by atomic mass is 9.85. The first kappa shape index (κ1) is 19.7. The summed E-state index contributed by atoms with van der Waals surface area (Å²) >= 11 is 0. The van der Waals surface area contributed by atoms with E-state index in [1.54, 1.807) is 0 Å². The Hall–Kier alpha value is -0.320.